The third-order valence-corrected chi connectivity index (χ3v) is 3.91. The van der Waals surface area contributed by atoms with Crippen molar-refractivity contribution in [2.75, 3.05) is 5.43 Å². The number of fused-ring (bicyclic) bond motifs is 1. The van der Waals surface area contributed by atoms with Crippen molar-refractivity contribution in [3.8, 4) is 11.4 Å². The van der Waals surface area contributed by atoms with Gasteiger partial charge >= 0.3 is 0 Å². The number of para-hydroxylation sites is 2. The van der Waals surface area contributed by atoms with Crippen LogP contribution in [0.5, 0.6) is 0 Å². The minimum absolute atomic E-state index is 0.227. The number of anilines is 1. The van der Waals surface area contributed by atoms with E-state index in [-0.39, 0.29) is 16.9 Å². The Morgan fingerprint density at radius 2 is 1.52 bits per heavy atom. The molecule has 4 nitrogen and oxygen atoms in total. The van der Waals surface area contributed by atoms with Crippen LogP contribution in [-0.4, -0.2) is 9.66 Å². The Labute approximate surface area is 143 Å². The zero-order valence-corrected chi connectivity index (χ0v) is 13.2. The van der Waals surface area contributed by atoms with Crippen molar-refractivity contribution in [1.82, 2.24) is 9.66 Å². The highest BCUT2D eigenvalue weighted by molar-refractivity contribution is 5.80. The number of hydrogen-bond donors (Lipinski definition) is 1. The van der Waals surface area contributed by atoms with Gasteiger partial charge in [-0.1, -0.05) is 42.5 Å². The van der Waals surface area contributed by atoms with Crippen molar-refractivity contribution in [3.63, 3.8) is 0 Å². The minimum Gasteiger partial charge on any atom is -0.290 e. The summed E-state index contributed by atoms with van der Waals surface area (Å²) in [7, 11) is 0. The predicted octanol–water partition coefficient (Wildman–Crippen LogP) is 4.08. The summed E-state index contributed by atoms with van der Waals surface area (Å²) >= 11 is 0. The van der Waals surface area contributed by atoms with E-state index in [2.05, 4.69) is 10.4 Å². The molecule has 0 aliphatic heterocycles. The summed E-state index contributed by atoms with van der Waals surface area (Å²) in [5, 5.41) is 0.464. The van der Waals surface area contributed by atoms with Gasteiger partial charge in [-0.25, -0.2) is 9.37 Å². The molecule has 1 N–H and O–H groups in total. The molecule has 5 heteroatoms. The van der Waals surface area contributed by atoms with Crippen LogP contribution in [0.2, 0.25) is 0 Å². The van der Waals surface area contributed by atoms with E-state index in [1.54, 1.807) is 42.5 Å². The molecule has 0 saturated heterocycles. The van der Waals surface area contributed by atoms with Crippen molar-refractivity contribution in [3.05, 3.63) is 95.0 Å². The summed E-state index contributed by atoms with van der Waals surface area (Å²) in [6.07, 6.45) is 0. The Hall–Kier alpha value is -3.47. The molecule has 0 atom stereocenters. The molecule has 0 aliphatic carbocycles. The van der Waals surface area contributed by atoms with Gasteiger partial charge in [0.1, 0.15) is 5.82 Å². The van der Waals surface area contributed by atoms with Gasteiger partial charge in [0.2, 0.25) is 0 Å². The third-order valence-electron chi connectivity index (χ3n) is 3.91. The molecular formula is C20H14FN3O. The number of aromatic nitrogens is 2. The highest BCUT2D eigenvalue weighted by atomic mass is 19.1. The molecule has 3 aromatic carbocycles. The van der Waals surface area contributed by atoms with Crippen LogP contribution >= 0.6 is 0 Å². The molecule has 0 spiro atoms. The Morgan fingerprint density at radius 3 is 2.32 bits per heavy atom. The van der Waals surface area contributed by atoms with Gasteiger partial charge in [0.15, 0.2) is 5.82 Å². The lowest BCUT2D eigenvalue weighted by Gasteiger charge is -2.16. The second kappa shape index (κ2) is 6.20. The van der Waals surface area contributed by atoms with E-state index in [1.807, 2.05) is 30.3 Å². The Morgan fingerprint density at radius 1 is 0.840 bits per heavy atom. The summed E-state index contributed by atoms with van der Waals surface area (Å²) in [6.45, 7) is 0. The molecule has 4 rings (SSSR count). The second-order valence-corrected chi connectivity index (χ2v) is 5.55. The van der Waals surface area contributed by atoms with Crippen LogP contribution in [-0.2, 0) is 0 Å². The van der Waals surface area contributed by atoms with Gasteiger partial charge in [-0.3, -0.25) is 10.2 Å². The van der Waals surface area contributed by atoms with Gasteiger partial charge in [-0.15, -0.1) is 0 Å². The molecule has 0 bridgehead atoms. The normalized spacial score (nSPS) is 10.8. The van der Waals surface area contributed by atoms with Gasteiger partial charge in [0, 0.05) is 0 Å². The van der Waals surface area contributed by atoms with Crippen LogP contribution in [0.25, 0.3) is 22.3 Å². The van der Waals surface area contributed by atoms with Gasteiger partial charge in [-0.05, 0) is 36.4 Å². The number of nitrogens with zero attached hydrogens (tertiary/aromatic N) is 2. The van der Waals surface area contributed by atoms with Crippen LogP contribution in [0.4, 0.5) is 10.1 Å². The van der Waals surface area contributed by atoms with Crippen molar-refractivity contribution in [2.45, 2.75) is 0 Å². The first-order valence-corrected chi connectivity index (χ1v) is 7.83. The molecule has 0 amide bonds. The lowest BCUT2D eigenvalue weighted by Crippen LogP contribution is -2.29. The van der Waals surface area contributed by atoms with Crippen LogP contribution in [0.3, 0.4) is 0 Å². The predicted molar refractivity (Wildman–Crippen MR) is 96.9 cm³/mol. The molecule has 4 aromatic rings. The number of hydrogen-bond acceptors (Lipinski definition) is 3. The van der Waals surface area contributed by atoms with Crippen molar-refractivity contribution < 1.29 is 4.39 Å². The average molecular weight is 331 g/mol. The molecule has 0 saturated carbocycles. The molecular weight excluding hydrogens is 317 g/mol. The first-order chi connectivity index (χ1) is 12.2. The van der Waals surface area contributed by atoms with E-state index in [0.717, 1.165) is 0 Å². The maximum absolute atomic E-state index is 14.3. The summed E-state index contributed by atoms with van der Waals surface area (Å²) in [4.78, 5) is 17.5. The van der Waals surface area contributed by atoms with Crippen molar-refractivity contribution in [1.29, 1.82) is 0 Å². The fourth-order valence-electron chi connectivity index (χ4n) is 2.70. The summed E-state index contributed by atoms with van der Waals surface area (Å²) in [6, 6.07) is 22.5. The maximum atomic E-state index is 14.3. The molecule has 1 heterocycles. The van der Waals surface area contributed by atoms with E-state index in [9.17, 15) is 9.18 Å². The van der Waals surface area contributed by atoms with E-state index in [0.29, 0.717) is 16.6 Å². The fourth-order valence-corrected chi connectivity index (χ4v) is 2.70. The standard InChI is InChI=1S/C20H14FN3O/c21-17-12-6-4-10-15(17)19-22-18-13-7-5-11-16(18)20(25)24(19)23-14-8-2-1-3-9-14/h1-13,23H. The van der Waals surface area contributed by atoms with Crippen molar-refractivity contribution in [2.24, 2.45) is 0 Å². The van der Waals surface area contributed by atoms with Gasteiger partial charge in [0.05, 0.1) is 22.2 Å². The highest BCUT2D eigenvalue weighted by Gasteiger charge is 2.15. The third kappa shape index (κ3) is 2.76. The number of nitrogens with one attached hydrogen (secondary N) is 1. The lowest BCUT2D eigenvalue weighted by atomic mass is 10.1. The molecule has 0 unspecified atom stereocenters. The molecule has 1 aromatic heterocycles. The maximum Gasteiger partial charge on any atom is 0.280 e. The number of rotatable bonds is 3. The minimum atomic E-state index is -0.437. The number of halogens is 1. The smallest absolute Gasteiger partial charge is 0.280 e. The average Bonchev–Trinajstić information content (AvgIpc) is 2.65. The Balaban J connectivity index is 2.01. The van der Waals surface area contributed by atoms with E-state index in [1.165, 1.54) is 10.7 Å². The van der Waals surface area contributed by atoms with E-state index < -0.39 is 5.82 Å². The molecule has 0 fully saturated rings. The van der Waals surface area contributed by atoms with E-state index in [4.69, 9.17) is 0 Å². The fraction of sp³-hybridized carbons (Fsp3) is 0. The SMILES string of the molecule is O=c1c2ccccc2nc(-c2ccccc2F)n1Nc1ccccc1. The Kier molecular flexibility index (Phi) is 3.74. The Bertz CT molecular complexity index is 1110. The van der Waals surface area contributed by atoms with Crippen LogP contribution in [0.1, 0.15) is 0 Å². The monoisotopic (exact) mass is 331 g/mol. The van der Waals surface area contributed by atoms with E-state index >= 15 is 0 Å². The highest BCUT2D eigenvalue weighted by Crippen LogP contribution is 2.22. The molecule has 25 heavy (non-hydrogen) atoms. The number of benzene rings is 3. The molecule has 0 radical (unpaired) electrons. The lowest BCUT2D eigenvalue weighted by molar-refractivity contribution is 0.628. The summed E-state index contributed by atoms with van der Waals surface area (Å²) < 4.78 is 15.6. The summed E-state index contributed by atoms with van der Waals surface area (Å²) in [5.41, 5.74) is 4.24. The largest absolute Gasteiger partial charge is 0.290 e. The summed E-state index contributed by atoms with van der Waals surface area (Å²) in [5.74, 6) is -0.209. The van der Waals surface area contributed by atoms with Gasteiger partial charge < -0.3 is 0 Å². The second-order valence-electron chi connectivity index (χ2n) is 5.55. The van der Waals surface area contributed by atoms with Gasteiger partial charge in [0.25, 0.3) is 5.56 Å². The van der Waals surface area contributed by atoms with Crippen LogP contribution < -0.4 is 11.0 Å². The molecule has 0 aliphatic rings. The quantitative estimate of drug-likeness (QED) is 0.615. The van der Waals surface area contributed by atoms with Crippen molar-refractivity contribution >= 4 is 16.6 Å². The zero-order chi connectivity index (χ0) is 17.2. The topological polar surface area (TPSA) is 46.9 Å². The first kappa shape index (κ1) is 15.1. The zero-order valence-electron chi connectivity index (χ0n) is 13.2. The van der Waals surface area contributed by atoms with Crippen LogP contribution in [0.15, 0.2) is 83.7 Å². The first-order valence-electron chi connectivity index (χ1n) is 7.83. The van der Waals surface area contributed by atoms with Gasteiger partial charge in [-0.2, -0.15) is 4.68 Å². The molecule has 122 valence electrons. The van der Waals surface area contributed by atoms with Crippen LogP contribution in [0, 0.1) is 5.82 Å².